The number of ether oxygens (including phenoxy) is 2. The van der Waals surface area contributed by atoms with E-state index in [1.54, 1.807) is 24.1 Å². The molecule has 0 bridgehead atoms. The molecule has 0 saturated carbocycles. The van der Waals surface area contributed by atoms with Gasteiger partial charge in [-0.3, -0.25) is 9.48 Å². The Hall–Kier alpha value is -2.80. The van der Waals surface area contributed by atoms with Crippen molar-refractivity contribution >= 4 is 16.9 Å². The summed E-state index contributed by atoms with van der Waals surface area (Å²) in [4.78, 5) is 18.3. The fourth-order valence-electron chi connectivity index (χ4n) is 3.37. The van der Waals surface area contributed by atoms with E-state index in [9.17, 15) is 4.79 Å². The van der Waals surface area contributed by atoms with Crippen LogP contribution >= 0.6 is 0 Å². The summed E-state index contributed by atoms with van der Waals surface area (Å²) >= 11 is 0. The highest BCUT2D eigenvalue weighted by molar-refractivity contribution is 5.76. The number of nitrogens with one attached hydrogen (secondary N) is 1. The smallest absolute Gasteiger partial charge is 0.209 e. The third kappa shape index (κ3) is 3.06. The predicted molar refractivity (Wildman–Crippen MR) is 100 cm³/mol. The largest absolute Gasteiger partial charge is 0.497 e. The van der Waals surface area contributed by atoms with Crippen LogP contribution in [0.3, 0.4) is 0 Å². The van der Waals surface area contributed by atoms with Crippen molar-refractivity contribution in [3.8, 4) is 5.75 Å². The second-order valence-electron chi connectivity index (χ2n) is 6.55. The summed E-state index contributed by atoms with van der Waals surface area (Å²) in [6.07, 6.45) is 1.72. The summed E-state index contributed by atoms with van der Waals surface area (Å²) in [6.45, 7) is 4.72. The van der Waals surface area contributed by atoms with E-state index in [2.05, 4.69) is 21.9 Å². The fraction of sp³-hybridized carbons (Fsp3) is 0.368. The Bertz CT molecular complexity index is 961. The number of pyridine rings is 1. The van der Waals surface area contributed by atoms with Crippen LogP contribution in [-0.4, -0.2) is 47.7 Å². The number of rotatable bonds is 4. The quantitative estimate of drug-likeness (QED) is 0.776. The second-order valence-corrected chi connectivity index (χ2v) is 6.55. The molecule has 1 fully saturated rings. The third-order valence-corrected chi connectivity index (χ3v) is 4.77. The molecular formula is C19H22N4O3. The zero-order valence-corrected chi connectivity index (χ0v) is 14.9. The molecule has 7 heteroatoms. The Morgan fingerprint density at radius 1 is 1.35 bits per heavy atom. The minimum absolute atomic E-state index is 0.0292. The molecule has 1 atom stereocenters. The summed E-state index contributed by atoms with van der Waals surface area (Å²) in [5.41, 5.74) is 2.37. The SMILES string of the molecule is COc1ccc(Cn2ncc3[nH]c(N4CCOCC4C)cc(=O)c32)cc1. The van der Waals surface area contributed by atoms with Gasteiger partial charge in [-0.25, -0.2) is 0 Å². The third-order valence-electron chi connectivity index (χ3n) is 4.77. The first-order valence-electron chi connectivity index (χ1n) is 8.72. The lowest BCUT2D eigenvalue weighted by molar-refractivity contribution is 0.0985. The number of morpholine rings is 1. The zero-order chi connectivity index (χ0) is 18.1. The molecule has 0 amide bonds. The molecule has 0 radical (unpaired) electrons. The van der Waals surface area contributed by atoms with Crippen LogP contribution in [0, 0.1) is 0 Å². The molecular weight excluding hydrogens is 332 g/mol. The van der Waals surface area contributed by atoms with E-state index in [-0.39, 0.29) is 11.5 Å². The first-order chi connectivity index (χ1) is 12.7. The number of hydrogen-bond donors (Lipinski definition) is 1. The Morgan fingerprint density at radius 3 is 2.88 bits per heavy atom. The van der Waals surface area contributed by atoms with Crippen molar-refractivity contribution in [1.29, 1.82) is 0 Å². The molecule has 0 aliphatic carbocycles. The highest BCUT2D eigenvalue weighted by Gasteiger charge is 2.21. The van der Waals surface area contributed by atoms with Crippen molar-refractivity contribution in [3.63, 3.8) is 0 Å². The molecule has 26 heavy (non-hydrogen) atoms. The van der Waals surface area contributed by atoms with Gasteiger partial charge in [0, 0.05) is 12.6 Å². The van der Waals surface area contributed by atoms with Gasteiger partial charge in [0.25, 0.3) is 0 Å². The number of methoxy groups -OCH3 is 1. The van der Waals surface area contributed by atoms with E-state index in [0.717, 1.165) is 29.2 Å². The fourth-order valence-corrected chi connectivity index (χ4v) is 3.37. The average molecular weight is 354 g/mol. The van der Waals surface area contributed by atoms with E-state index in [4.69, 9.17) is 9.47 Å². The van der Waals surface area contributed by atoms with Crippen molar-refractivity contribution in [2.75, 3.05) is 31.8 Å². The molecule has 1 aliphatic rings. The lowest BCUT2D eigenvalue weighted by Gasteiger charge is -2.34. The molecule has 3 aromatic rings. The number of hydrogen-bond acceptors (Lipinski definition) is 5. The van der Waals surface area contributed by atoms with Crippen molar-refractivity contribution in [3.05, 3.63) is 52.3 Å². The van der Waals surface area contributed by atoms with Crippen LogP contribution in [0.1, 0.15) is 12.5 Å². The van der Waals surface area contributed by atoms with Crippen molar-refractivity contribution in [2.45, 2.75) is 19.5 Å². The lowest BCUT2D eigenvalue weighted by atomic mass is 10.2. The Balaban J connectivity index is 1.66. The normalized spacial score (nSPS) is 17.6. The lowest BCUT2D eigenvalue weighted by Crippen LogP contribution is -2.44. The van der Waals surface area contributed by atoms with Crippen LogP contribution in [0.4, 0.5) is 5.82 Å². The molecule has 2 aromatic heterocycles. The van der Waals surface area contributed by atoms with Gasteiger partial charge in [0.05, 0.1) is 44.6 Å². The van der Waals surface area contributed by atoms with E-state index >= 15 is 0 Å². The molecule has 0 spiro atoms. The number of nitrogens with zero attached hydrogens (tertiary/aromatic N) is 3. The molecule has 136 valence electrons. The first-order valence-corrected chi connectivity index (χ1v) is 8.72. The minimum atomic E-state index is -0.0292. The molecule has 7 nitrogen and oxygen atoms in total. The Morgan fingerprint density at radius 2 is 2.15 bits per heavy atom. The summed E-state index contributed by atoms with van der Waals surface area (Å²) in [6, 6.07) is 9.66. The monoisotopic (exact) mass is 354 g/mol. The zero-order valence-electron chi connectivity index (χ0n) is 14.9. The summed E-state index contributed by atoms with van der Waals surface area (Å²) < 4.78 is 12.4. The molecule has 1 aliphatic heterocycles. The van der Waals surface area contributed by atoms with Gasteiger partial charge in [0.15, 0.2) is 0 Å². The van der Waals surface area contributed by atoms with Gasteiger partial charge >= 0.3 is 0 Å². The van der Waals surface area contributed by atoms with E-state index < -0.39 is 0 Å². The van der Waals surface area contributed by atoms with E-state index in [0.29, 0.717) is 25.3 Å². The van der Waals surface area contributed by atoms with Crippen molar-refractivity contribution < 1.29 is 9.47 Å². The highest BCUT2D eigenvalue weighted by Crippen LogP contribution is 2.19. The van der Waals surface area contributed by atoms with Crippen LogP contribution < -0.4 is 15.1 Å². The summed E-state index contributed by atoms with van der Waals surface area (Å²) in [7, 11) is 1.64. The highest BCUT2D eigenvalue weighted by atomic mass is 16.5. The van der Waals surface area contributed by atoms with Crippen LogP contribution in [0.25, 0.3) is 11.0 Å². The number of aromatic nitrogens is 3. The van der Waals surface area contributed by atoms with Gasteiger partial charge in [-0.15, -0.1) is 0 Å². The Kier molecular flexibility index (Phi) is 4.38. The molecule has 1 saturated heterocycles. The van der Waals surface area contributed by atoms with Crippen LogP contribution in [0.15, 0.2) is 41.3 Å². The van der Waals surface area contributed by atoms with Gasteiger partial charge in [-0.2, -0.15) is 5.10 Å². The van der Waals surface area contributed by atoms with Gasteiger partial charge in [0.1, 0.15) is 17.1 Å². The second kappa shape index (κ2) is 6.84. The van der Waals surface area contributed by atoms with Gasteiger partial charge in [-0.05, 0) is 24.6 Å². The van der Waals surface area contributed by atoms with Gasteiger partial charge in [0.2, 0.25) is 5.43 Å². The standard InChI is InChI=1S/C19H22N4O3/c1-13-12-26-8-7-22(13)18-9-17(24)19-16(21-18)10-20-23(19)11-14-3-5-15(25-2)6-4-14/h3-6,9-10,13H,7-8,11-12H2,1-2H3,(H,21,24). The number of aromatic amines is 1. The van der Waals surface area contributed by atoms with Crippen molar-refractivity contribution in [2.24, 2.45) is 0 Å². The maximum absolute atomic E-state index is 12.8. The number of fused-ring (bicyclic) bond motifs is 1. The average Bonchev–Trinajstić information content (AvgIpc) is 3.06. The van der Waals surface area contributed by atoms with Crippen LogP contribution in [0.5, 0.6) is 5.75 Å². The van der Waals surface area contributed by atoms with Crippen molar-refractivity contribution in [1.82, 2.24) is 14.8 Å². The number of anilines is 1. The molecule has 1 N–H and O–H groups in total. The van der Waals surface area contributed by atoms with E-state index in [1.807, 2.05) is 24.3 Å². The first kappa shape index (κ1) is 16.7. The van der Waals surface area contributed by atoms with Crippen LogP contribution in [-0.2, 0) is 11.3 Å². The predicted octanol–water partition coefficient (Wildman–Crippen LogP) is 2.01. The topological polar surface area (TPSA) is 72.4 Å². The molecule has 4 rings (SSSR count). The number of benzene rings is 1. The van der Waals surface area contributed by atoms with Crippen LogP contribution in [0.2, 0.25) is 0 Å². The maximum atomic E-state index is 12.8. The van der Waals surface area contributed by atoms with Gasteiger partial charge in [-0.1, -0.05) is 12.1 Å². The minimum Gasteiger partial charge on any atom is -0.497 e. The van der Waals surface area contributed by atoms with Gasteiger partial charge < -0.3 is 19.4 Å². The number of H-pyrrole nitrogens is 1. The molecule has 1 aromatic carbocycles. The molecule has 3 heterocycles. The maximum Gasteiger partial charge on any atom is 0.209 e. The van der Waals surface area contributed by atoms with E-state index in [1.165, 1.54) is 0 Å². The molecule has 1 unspecified atom stereocenters. The Labute approximate surface area is 151 Å². The summed E-state index contributed by atoms with van der Waals surface area (Å²) in [5, 5.41) is 4.41. The summed E-state index contributed by atoms with van der Waals surface area (Å²) in [5.74, 6) is 1.63.